The minimum atomic E-state index is -4.84. The Hall–Kier alpha value is -0.960. The van der Waals surface area contributed by atoms with Crippen LogP contribution in [0.2, 0.25) is 0 Å². The smallest absolute Gasteiger partial charge is 0.405 e. The van der Waals surface area contributed by atoms with E-state index in [9.17, 15) is 21.6 Å². The second kappa shape index (κ2) is 4.73. The Morgan fingerprint density at radius 3 is 2.41 bits per heavy atom. The predicted octanol–water partition coefficient (Wildman–Crippen LogP) is 2.72. The molecule has 9 heteroatoms. The maximum atomic E-state index is 12.0. The Morgan fingerprint density at radius 2 is 1.94 bits per heavy atom. The highest BCUT2D eigenvalue weighted by Gasteiger charge is 2.32. The fourth-order valence-corrected chi connectivity index (χ4v) is 1.87. The van der Waals surface area contributed by atoms with Gasteiger partial charge in [0.05, 0.1) is 16.4 Å². The largest absolute Gasteiger partial charge is 0.573 e. The van der Waals surface area contributed by atoms with E-state index in [4.69, 9.17) is 0 Å². The highest BCUT2D eigenvalue weighted by molar-refractivity contribution is 9.10. The maximum Gasteiger partial charge on any atom is 0.573 e. The lowest BCUT2D eigenvalue weighted by atomic mass is 10.3. The Morgan fingerprint density at radius 1 is 1.35 bits per heavy atom. The molecule has 0 aliphatic heterocycles. The summed E-state index contributed by atoms with van der Waals surface area (Å²) in [6, 6.07) is 3.47. The zero-order valence-corrected chi connectivity index (χ0v) is 10.8. The van der Waals surface area contributed by atoms with Gasteiger partial charge in [-0.2, -0.15) is 0 Å². The molecule has 1 aromatic rings. The minimum absolute atomic E-state index is 0.0186. The van der Waals surface area contributed by atoms with Crippen molar-refractivity contribution in [3.8, 4) is 5.75 Å². The van der Waals surface area contributed by atoms with Crippen molar-refractivity contribution < 1.29 is 26.3 Å². The summed E-state index contributed by atoms with van der Waals surface area (Å²) in [5, 5.41) is 0. The van der Waals surface area contributed by atoms with Gasteiger partial charge < -0.3 is 4.74 Å². The number of alkyl halides is 3. The first kappa shape index (κ1) is 14.1. The molecule has 1 N–H and O–H groups in total. The Labute approximate surface area is 104 Å². The number of hydrogen-bond acceptors (Lipinski definition) is 3. The lowest BCUT2D eigenvalue weighted by molar-refractivity contribution is -0.274. The van der Waals surface area contributed by atoms with Crippen LogP contribution in [0, 0.1) is 0 Å². The molecular weight excluding hydrogens is 327 g/mol. The molecule has 1 aromatic carbocycles. The van der Waals surface area contributed by atoms with Crippen molar-refractivity contribution in [1.29, 1.82) is 0 Å². The van der Waals surface area contributed by atoms with Crippen LogP contribution in [0.3, 0.4) is 0 Å². The molecule has 0 radical (unpaired) electrons. The molecule has 0 atom stereocenters. The van der Waals surface area contributed by atoms with Crippen molar-refractivity contribution in [3.05, 3.63) is 22.7 Å². The first-order valence-electron chi connectivity index (χ1n) is 4.10. The lowest BCUT2D eigenvalue weighted by Crippen LogP contribution is -2.17. The van der Waals surface area contributed by atoms with Crippen LogP contribution < -0.4 is 9.46 Å². The monoisotopic (exact) mass is 333 g/mol. The number of nitrogens with one attached hydrogen (secondary N) is 1. The third-order valence-electron chi connectivity index (χ3n) is 1.46. The minimum Gasteiger partial charge on any atom is -0.405 e. The van der Waals surface area contributed by atoms with Crippen molar-refractivity contribution >= 4 is 31.6 Å². The van der Waals surface area contributed by atoms with Crippen LogP contribution >= 0.6 is 15.9 Å². The molecule has 0 aliphatic rings. The van der Waals surface area contributed by atoms with Gasteiger partial charge in [-0.15, -0.1) is 13.2 Å². The van der Waals surface area contributed by atoms with E-state index in [2.05, 4.69) is 20.7 Å². The lowest BCUT2D eigenvalue weighted by Gasteiger charge is -2.12. The quantitative estimate of drug-likeness (QED) is 0.925. The van der Waals surface area contributed by atoms with E-state index < -0.39 is 22.1 Å². The van der Waals surface area contributed by atoms with Gasteiger partial charge in [0.15, 0.2) is 0 Å². The van der Waals surface area contributed by atoms with Crippen molar-refractivity contribution in [2.24, 2.45) is 0 Å². The summed E-state index contributed by atoms with van der Waals surface area (Å²) in [6.45, 7) is 0. The van der Waals surface area contributed by atoms with Crippen LogP contribution in [-0.2, 0) is 10.0 Å². The van der Waals surface area contributed by atoms with Crippen LogP contribution in [0.1, 0.15) is 0 Å². The average molecular weight is 334 g/mol. The van der Waals surface area contributed by atoms with Gasteiger partial charge in [-0.05, 0) is 28.1 Å². The van der Waals surface area contributed by atoms with Crippen LogP contribution in [-0.4, -0.2) is 21.0 Å². The molecule has 1 rings (SSSR count). The summed E-state index contributed by atoms with van der Waals surface area (Å²) in [6.07, 6.45) is -3.95. The molecule has 0 spiro atoms. The third kappa shape index (κ3) is 5.26. The Bertz CT molecular complexity index is 515. The molecule has 0 saturated heterocycles. The van der Waals surface area contributed by atoms with E-state index in [1.54, 1.807) is 0 Å². The van der Waals surface area contributed by atoms with Crippen LogP contribution in [0.15, 0.2) is 22.7 Å². The number of anilines is 1. The zero-order chi connectivity index (χ0) is 13.3. The van der Waals surface area contributed by atoms with Crippen LogP contribution in [0.25, 0.3) is 0 Å². The summed E-state index contributed by atoms with van der Waals surface area (Å²) < 4.78 is 63.6. The molecule has 0 aromatic heterocycles. The van der Waals surface area contributed by atoms with Gasteiger partial charge in [-0.25, -0.2) is 8.42 Å². The second-order valence-corrected chi connectivity index (χ2v) is 5.67. The molecule has 0 bridgehead atoms. The SMILES string of the molecule is CS(=O)(=O)Nc1ccc(Br)c(OC(F)(F)F)c1. The maximum absolute atomic E-state index is 12.0. The van der Waals surface area contributed by atoms with E-state index in [0.29, 0.717) is 0 Å². The number of rotatable bonds is 3. The summed E-state index contributed by atoms with van der Waals surface area (Å²) in [5.74, 6) is -0.522. The topological polar surface area (TPSA) is 55.4 Å². The molecule has 96 valence electrons. The zero-order valence-electron chi connectivity index (χ0n) is 8.38. The van der Waals surface area contributed by atoms with E-state index in [1.807, 2.05) is 4.72 Å². The first-order chi connectivity index (χ1) is 7.57. The van der Waals surface area contributed by atoms with Gasteiger partial charge in [-0.1, -0.05) is 0 Å². The molecular formula is C8H7BrF3NO3S. The Balaban J connectivity index is 3.03. The van der Waals surface area contributed by atoms with Crippen molar-refractivity contribution in [1.82, 2.24) is 0 Å². The van der Waals surface area contributed by atoms with Crippen molar-refractivity contribution in [2.45, 2.75) is 6.36 Å². The van der Waals surface area contributed by atoms with E-state index in [0.717, 1.165) is 12.3 Å². The summed E-state index contributed by atoms with van der Waals surface area (Å²) >= 11 is 2.86. The van der Waals surface area contributed by atoms with Crippen molar-refractivity contribution in [3.63, 3.8) is 0 Å². The normalized spacial score (nSPS) is 12.3. The number of halogens is 4. The molecule has 0 saturated carbocycles. The molecule has 4 nitrogen and oxygen atoms in total. The molecule has 0 fully saturated rings. The third-order valence-corrected chi connectivity index (χ3v) is 2.72. The van der Waals surface area contributed by atoms with Gasteiger partial charge in [0.1, 0.15) is 5.75 Å². The van der Waals surface area contributed by atoms with Gasteiger partial charge in [0.2, 0.25) is 10.0 Å². The highest BCUT2D eigenvalue weighted by atomic mass is 79.9. The molecule has 0 amide bonds. The van der Waals surface area contributed by atoms with Gasteiger partial charge >= 0.3 is 6.36 Å². The van der Waals surface area contributed by atoms with E-state index in [-0.39, 0.29) is 10.2 Å². The highest BCUT2D eigenvalue weighted by Crippen LogP contribution is 2.32. The van der Waals surface area contributed by atoms with Gasteiger partial charge in [0, 0.05) is 6.07 Å². The predicted molar refractivity (Wildman–Crippen MR) is 59.3 cm³/mol. The summed E-state index contributed by atoms with van der Waals surface area (Å²) in [4.78, 5) is 0. The van der Waals surface area contributed by atoms with E-state index >= 15 is 0 Å². The van der Waals surface area contributed by atoms with Gasteiger partial charge in [-0.3, -0.25) is 4.72 Å². The van der Waals surface area contributed by atoms with Gasteiger partial charge in [0.25, 0.3) is 0 Å². The fraction of sp³-hybridized carbons (Fsp3) is 0.250. The number of sulfonamides is 1. The standard InChI is InChI=1S/C8H7BrF3NO3S/c1-17(14,15)13-5-2-3-6(9)7(4-5)16-8(10,11)12/h2-4,13H,1H3. The Kier molecular flexibility index (Phi) is 3.92. The first-order valence-corrected chi connectivity index (χ1v) is 6.78. The number of ether oxygens (including phenoxy) is 1. The molecule has 0 aliphatic carbocycles. The second-order valence-electron chi connectivity index (χ2n) is 3.07. The molecule has 0 heterocycles. The van der Waals surface area contributed by atoms with Crippen LogP contribution in [0.4, 0.5) is 18.9 Å². The van der Waals surface area contributed by atoms with Crippen LogP contribution in [0.5, 0.6) is 5.75 Å². The van der Waals surface area contributed by atoms with Crippen molar-refractivity contribution in [2.75, 3.05) is 11.0 Å². The molecule has 17 heavy (non-hydrogen) atoms. The number of hydrogen-bond donors (Lipinski definition) is 1. The van der Waals surface area contributed by atoms with E-state index in [1.165, 1.54) is 12.1 Å². The summed E-state index contributed by atoms with van der Waals surface area (Å²) in [5.41, 5.74) is -0.0186. The average Bonchev–Trinajstić information content (AvgIpc) is 2.05. The number of benzene rings is 1. The molecule has 0 unspecified atom stereocenters. The summed E-state index contributed by atoms with van der Waals surface area (Å²) in [7, 11) is -3.55. The fourth-order valence-electron chi connectivity index (χ4n) is 0.984.